The van der Waals surface area contributed by atoms with E-state index in [4.69, 9.17) is 10.5 Å². The van der Waals surface area contributed by atoms with Gasteiger partial charge in [0.1, 0.15) is 5.75 Å². The van der Waals surface area contributed by atoms with Crippen LogP contribution in [-0.4, -0.2) is 43.1 Å². The number of amides is 1. The number of ether oxygens (including phenoxy) is 1. The van der Waals surface area contributed by atoms with Gasteiger partial charge < -0.3 is 15.8 Å². The second kappa shape index (κ2) is 6.91. The van der Waals surface area contributed by atoms with E-state index >= 15 is 0 Å². The molecule has 2 atom stereocenters. The zero-order valence-corrected chi connectivity index (χ0v) is 13.1. The van der Waals surface area contributed by atoms with Gasteiger partial charge in [0.2, 0.25) is 5.91 Å². The maximum atomic E-state index is 12.2. The lowest BCUT2D eigenvalue weighted by Crippen LogP contribution is -2.42. The van der Waals surface area contributed by atoms with Crippen molar-refractivity contribution >= 4 is 5.91 Å². The second-order valence-corrected chi connectivity index (χ2v) is 5.65. The summed E-state index contributed by atoms with van der Waals surface area (Å²) in [4.78, 5) is 14.3. The lowest BCUT2D eigenvalue weighted by molar-refractivity contribution is -0.125. The van der Waals surface area contributed by atoms with Gasteiger partial charge in [0.05, 0.1) is 13.2 Å². The maximum Gasteiger partial charge on any atom is 0.237 e. The third kappa shape index (κ3) is 3.74. The molecule has 0 radical (unpaired) electrons. The fourth-order valence-corrected chi connectivity index (χ4v) is 2.88. The molecule has 1 aliphatic rings. The number of aryl methyl sites for hydroxylation is 1. The van der Waals surface area contributed by atoms with Crippen LogP contribution in [0, 0.1) is 6.92 Å². The predicted octanol–water partition coefficient (Wildman–Crippen LogP) is 1.04. The van der Waals surface area contributed by atoms with Gasteiger partial charge in [0.25, 0.3) is 0 Å². The Morgan fingerprint density at radius 3 is 2.95 bits per heavy atom. The minimum absolute atomic E-state index is 0.0500. The average Bonchev–Trinajstić information content (AvgIpc) is 2.82. The molecule has 21 heavy (non-hydrogen) atoms. The van der Waals surface area contributed by atoms with Crippen LogP contribution in [0.1, 0.15) is 24.5 Å². The molecule has 1 fully saturated rings. The van der Waals surface area contributed by atoms with Crippen LogP contribution < -0.4 is 15.8 Å². The molecule has 1 amide bonds. The van der Waals surface area contributed by atoms with E-state index in [0.29, 0.717) is 19.5 Å². The topological polar surface area (TPSA) is 67.6 Å². The van der Waals surface area contributed by atoms with Crippen LogP contribution in [0.15, 0.2) is 18.2 Å². The smallest absolute Gasteiger partial charge is 0.237 e. The summed E-state index contributed by atoms with van der Waals surface area (Å²) >= 11 is 0. The van der Waals surface area contributed by atoms with Gasteiger partial charge in [-0.1, -0.05) is 12.1 Å². The SMILES string of the molecule is CCNC(=O)[C@@H]1C[C@H](N)CN1Cc1ccc(C)cc1OC. The molecule has 3 N–H and O–H groups in total. The molecule has 2 rings (SSSR count). The number of benzene rings is 1. The van der Waals surface area contributed by atoms with E-state index in [2.05, 4.69) is 22.3 Å². The van der Waals surface area contributed by atoms with E-state index in [1.807, 2.05) is 19.9 Å². The normalized spacial score (nSPS) is 22.3. The van der Waals surface area contributed by atoms with Gasteiger partial charge in [0.15, 0.2) is 0 Å². The van der Waals surface area contributed by atoms with E-state index < -0.39 is 0 Å². The van der Waals surface area contributed by atoms with Gasteiger partial charge in [-0.05, 0) is 31.9 Å². The summed E-state index contributed by atoms with van der Waals surface area (Å²) in [5.74, 6) is 0.932. The van der Waals surface area contributed by atoms with Gasteiger partial charge in [-0.15, -0.1) is 0 Å². The minimum Gasteiger partial charge on any atom is -0.496 e. The third-order valence-electron chi connectivity index (χ3n) is 3.91. The van der Waals surface area contributed by atoms with Gasteiger partial charge in [-0.2, -0.15) is 0 Å². The number of rotatable bonds is 5. The highest BCUT2D eigenvalue weighted by atomic mass is 16.5. The molecule has 1 aromatic rings. The van der Waals surface area contributed by atoms with Crippen LogP contribution in [-0.2, 0) is 11.3 Å². The largest absolute Gasteiger partial charge is 0.496 e. The van der Waals surface area contributed by atoms with Crippen LogP contribution in [0.3, 0.4) is 0 Å². The molecule has 0 unspecified atom stereocenters. The Hall–Kier alpha value is -1.59. The Morgan fingerprint density at radius 2 is 2.29 bits per heavy atom. The van der Waals surface area contributed by atoms with Crippen molar-refractivity contribution in [3.8, 4) is 5.75 Å². The molecule has 5 heteroatoms. The number of likely N-dealkylation sites (tertiary alicyclic amines) is 1. The van der Waals surface area contributed by atoms with Gasteiger partial charge in [0, 0.05) is 31.2 Å². The zero-order chi connectivity index (χ0) is 15.4. The van der Waals surface area contributed by atoms with Crippen molar-refractivity contribution in [1.29, 1.82) is 0 Å². The fraction of sp³-hybridized carbons (Fsp3) is 0.562. The Balaban J connectivity index is 2.15. The van der Waals surface area contributed by atoms with E-state index in [1.165, 1.54) is 0 Å². The lowest BCUT2D eigenvalue weighted by Gasteiger charge is -2.24. The van der Waals surface area contributed by atoms with Gasteiger partial charge >= 0.3 is 0 Å². The number of hydrogen-bond donors (Lipinski definition) is 2. The van der Waals surface area contributed by atoms with Crippen molar-refractivity contribution < 1.29 is 9.53 Å². The Bertz CT molecular complexity index is 504. The number of hydrogen-bond acceptors (Lipinski definition) is 4. The summed E-state index contributed by atoms with van der Waals surface area (Å²) in [6.07, 6.45) is 0.708. The summed E-state index contributed by atoms with van der Waals surface area (Å²) in [6.45, 7) is 6.03. The summed E-state index contributed by atoms with van der Waals surface area (Å²) < 4.78 is 5.45. The first kappa shape index (κ1) is 15.8. The number of nitrogens with two attached hydrogens (primary N) is 1. The van der Waals surface area contributed by atoms with Gasteiger partial charge in [-0.25, -0.2) is 0 Å². The van der Waals surface area contributed by atoms with E-state index in [-0.39, 0.29) is 18.0 Å². The highest BCUT2D eigenvalue weighted by Gasteiger charge is 2.35. The molecule has 1 saturated heterocycles. The molecular weight excluding hydrogens is 266 g/mol. The van der Waals surface area contributed by atoms with Crippen LogP contribution in [0.25, 0.3) is 0 Å². The van der Waals surface area contributed by atoms with Crippen LogP contribution in [0.2, 0.25) is 0 Å². The number of carbonyl (C=O) groups is 1. The summed E-state index contributed by atoms with van der Waals surface area (Å²) in [5.41, 5.74) is 8.30. The third-order valence-corrected chi connectivity index (χ3v) is 3.91. The summed E-state index contributed by atoms with van der Waals surface area (Å²) in [7, 11) is 1.68. The zero-order valence-electron chi connectivity index (χ0n) is 13.1. The molecule has 1 aromatic carbocycles. The molecule has 0 spiro atoms. The second-order valence-electron chi connectivity index (χ2n) is 5.65. The first-order chi connectivity index (χ1) is 10.0. The molecule has 0 aliphatic carbocycles. The van der Waals surface area contributed by atoms with Crippen molar-refractivity contribution in [2.75, 3.05) is 20.2 Å². The molecule has 0 aromatic heterocycles. The first-order valence-corrected chi connectivity index (χ1v) is 7.46. The van der Waals surface area contributed by atoms with Crippen LogP contribution in [0.4, 0.5) is 0 Å². The van der Waals surface area contributed by atoms with E-state index in [9.17, 15) is 4.79 Å². The van der Waals surface area contributed by atoms with Gasteiger partial charge in [-0.3, -0.25) is 9.69 Å². The Kier molecular flexibility index (Phi) is 5.20. The molecule has 0 saturated carbocycles. The fourth-order valence-electron chi connectivity index (χ4n) is 2.88. The van der Waals surface area contributed by atoms with Crippen molar-refractivity contribution in [3.05, 3.63) is 29.3 Å². The van der Waals surface area contributed by atoms with E-state index in [0.717, 1.165) is 23.4 Å². The molecule has 116 valence electrons. The monoisotopic (exact) mass is 291 g/mol. The summed E-state index contributed by atoms with van der Waals surface area (Å²) in [5, 5.41) is 2.89. The molecule has 1 heterocycles. The molecular formula is C16H25N3O2. The maximum absolute atomic E-state index is 12.2. The average molecular weight is 291 g/mol. The first-order valence-electron chi connectivity index (χ1n) is 7.46. The van der Waals surface area contributed by atoms with Crippen molar-refractivity contribution in [3.63, 3.8) is 0 Å². The molecule has 5 nitrogen and oxygen atoms in total. The van der Waals surface area contributed by atoms with Crippen molar-refractivity contribution in [2.24, 2.45) is 5.73 Å². The number of nitrogens with one attached hydrogen (secondary N) is 1. The number of likely N-dealkylation sites (N-methyl/N-ethyl adjacent to an activating group) is 1. The predicted molar refractivity (Wildman–Crippen MR) is 83.2 cm³/mol. The minimum atomic E-state index is -0.147. The Morgan fingerprint density at radius 1 is 1.52 bits per heavy atom. The van der Waals surface area contributed by atoms with Crippen LogP contribution >= 0.6 is 0 Å². The van der Waals surface area contributed by atoms with Crippen molar-refractivity contribution in [1.82, 2.24) is 10.2 Å². The summed E-state index contributed by atoms with van der Waals surface area (Å²) in [6, 6.07) is 6.05. The highest BCUT2D eigenvalue weighted by molar-refractivity contribution is 5.82. The Labute approximate surface area is 126 Å². The van der Waals surface area contributed by atoms with E-state index in [1.54, 1.807) is 7.11 Å². The lowest BCUT2D eigenvalue weighted by atomic mass is 10.1. The number of methoxy groups -OCH3 is 1. The highest BCUT2D eigenvalue weighted by Crippen LogP contribution is 2.25. The number of carbonyl (C=O) groups excluding carboxylic acids is 1. The standard InChI is InChI=1S/C16H25N3O2/c1-4-18-16(20)14-8-13(17)10-19(14)9-12-6-5-11(2)7-15(12)21-3/h5-7,13-14H,4,8-10,17H2,1-3H3,(H,18,20)/t13-,14-/m0/s1. The van der Waals surface area contributed by atoms with Crippen LogP contribution in [0.5, 0.6) is 5.75 Å². The number of nitrogens with zero attached hydrogens (tertiary/aromatic N) is 1. The molecule has 1 aliphatic heterocycles. The van der Waals surface area contributed by atoms with Crippen molar-refractivity contribution in [2.45, 2.75) is 38.9 Å². The molecule has 0 bridgehead atoms. The quantitative estimate of drug-likeness (QED) is 0.850.